The highest BCUT2D eigenvalue weighted by Gasteiger charge is 2.09. The van der Waals surface area contributed by atoms with Gasteiger partial charge in [0.05, 0.1) is 5.69 Å². The van der Waals surface area contributed by atoms with Crippen LogP contribution in [0, 0.1) is 5.82 Å². The molecule has 1 heterocycles. The van der Waals surface area contributed by atoms with Crippen molar-refractivity contribution < 1.29 is 4.39 Å². The van der Waals surface area contributed by atoms with E-state index in [1.165, 1.54) is 12.1 Å². The number of rotatable bonds is 5. The topological polar surface area (TPSA) is 80.2 Å². The zero-order valence-electron chi connectivity index (χ0n) is 14.2. The maximum absolute atomic E-state index is 13.8. The van der Waals surface area contributed by atoms with Gasteiger partial charge in [0.15, 0.2) is 0 Å². The summed E-state index contributed by atoms with van der Waals surface area (Å²) in [6.45, 7) is 5.58. The third-order valence-corrected chi connectivity index (χ3v) is 3.12. The SMILES string of the molecule is CC.CN(C)CCNc1cc(F)cc(-c2ccnc(N)c2N)c1. The number of benzene rings is 1. The number of aromatic nitrogens is 1. The normalized spacial score (nSPS) is 10.2. The maximum Gasteiger partial charge on any atom is 0.147 e. The van der Waals surface area contributed by atoms with Crippen molar-refractivity contribution in [2.75, 3.05) is 44.0 Å². The van der Waals surface area contributed by atoms with E-state index in [-0.39, 0.29) is 11.6 Å². The summed E-state index contributed by atoms with van der Waals surface area (Å²) >= 11 is 0. The van der Waals surface area contributed by atoms with Crippen LogP contribution >= 0.6 is 0 Å². The minimum absolute atomic E-state index is 0.249. The lowest BCUT2D eigenvalue weighted by Gasteiger charge is -2.13. The molecule has 2 aromatic rings. The number of halogens is 1. The zero-order chi connectivity index (χ0) is 17.4. The maximum atomic E-state index is 13.8. The van der Waals surface area contributed by atoms with Crippen LogP contribution in [0.3, 0.4) is 0 Å². The number of pyridine rings is 1. The molecule has 0 saturated heterocycles. The Morgan fingerprint density at radius 3 is 2.52 bits per heavy atom. The van der Waals surface area contributed by atoms with Crippen LogP contribution in [-0.4, -0.2) is 37.1 Å². The molecule has 126 valence electrons. The lowest BCUT2D eigenvalue weighted by molar-refractivity contribution is 0.425. The number of hydrogen-bond donors (Lipinski definition) is 3. The van der Waals surface area contributed by atoms with Crippen LogP contribution < -0.4 is 16.8 Å². The predicted octanol–water partition coefficient (Wildman–Crippen LogP) is 3.05. The van der Waals surface area contributed by atoms with E-state index in [9.17, 15) is 4.39 Å². The van der Waals surface area contributed by atoms with Crippen molar-refractivity contribution >= 4 is 17.2 Å². The molecular weight excluding hydrogens is 293 g/mol. The number of nitrogens with one attached hydrogen (secondary N) is 1. The Morgan fingerprint density at radius 2 is 1.87 bits per heavy atom. The number of nitrogens with two attached hydrogens (primary N) is 2. The molecule has 0 unspecified atom stereocenters. The Labute approximate surface area is 137 Å². The van der Waals surface area contributed by atoms with Gasteiger partial charge >= 0.3 is 0 Å². The van der Waals surface area contributed by atoms with Gasteiger partial charge in [0.1, 0.15) is 11.6 Å². The molecule has 0 amide bonds. The van der Waals surface area contributed by atoms with Crippen molar-refractivity contribution in [3.05, 3.63) is 36.3 Å². The molecule has 0 radical (unpaired) electrons. The van der Waals surface area contributed by atoms with Crippen LogP contribution in [0.25, 0.3) is 11.1 Å². The van der Waals surface area contributed by atoms with E-state index in [4.69, 9.17) is 11.5 Å². The summed E-state index contributed by atoms with van der Waals surface area (Å²) < 4.78 is 13.8. The predicted molar refractivity (Wildman–Crippen MR) is 96.8 cm³/mol. The second-order valence-electron chi connectivity index (χ2n) is 5.12. The van der Waals surface area contributed by atoms with Crippen molar-refractivity contribution in [1.82, 2.24) is 9.88 Å². The Balaban J connectivity index is 0.00000127. The fraction of sp³-hybridized carbons (Fsp3) is 0.353. The highest BCUT2D eigenvalue weighted by atomic mass is 19.1. The van der Waals surface area contributed by atoms with E-state index in [1.54, 1.807) is 12.3 Å². The molecule has 23 heavy (non-hydrogen) atoms. The highest BCUT2D eigenvalue weighted by molar-refractivity contribution is 5.83. The standard InChI is InChI=1S/C15H20FN5.C2H6/c1-21(2)6-5-19-12-8-10(7-11(16)9-12)13-3-4-20-15(18)14(13)17;1-2/h3-4,7-9,19H,5-6,17H2,1-2H3,(H2,18,20);1-2H3. The molecule has 5 N–H and O–H groups in total. The van der Waals surface area contributed by atoms with Gasteiger partial charge in [-0.2, -0.15) is 0 Å². The van der Waals surface area contributed by atoms with E-state index in [2.05, 4.69) is 15.2 Å². The summed E-state index contributed by atoms with van der Waals surface area (Å²) in [5, 5.41) is 3.19. The second-order valence-corrected chi connectivity index (χ2v) is 5.12. The molecule has 0 atom stereocenters. The highest BCUT2D eigenvalue weighted by Crippen LogP contribution is 2.31. The number of hydrogen-bond acceptors (Lipinski definition) is 5. The van der Waals surface area contributed by atoms with Gasteiger partial charge in [0.25, 0.3) is 0 Å². The van der Waals surface area contributed by atoms with Crippen LogP contribution in [-0.2, 0) is 0 Å². The Morgan fingerprint density at radius 1 is 1.17 bits per heavy atom. The number of nitrogens with zero attached hydrogens (tertiary/aromatic N) is 2. The van der Waals surface area contributed by atoms with Crippen molar-refractivity contribution in [1.29, 1.82) is 0 Å². The fourth-order valence-electron chi connectivity index (χ4n) is 2.01. The van der Waals surface area contributed by atoms with Gasteiger partial charge < -0.3 is 21.7 Å². The molecule has 0 aliphatic heterocycles. The molecule has 0 saturated carbocycles. The van der Waals surface area contributed by atoms with Crippen LogP contribution in [0.15, 0.2) is 30.5 Å². The van der Waals surface area contributed by atoms with Crippen LogP contribution in [0.1, 0.15) is 13.8 Å². The molecule has 0 spiro atoms. The first kappa shape index (κ1) is 18.7. The smallest absolute Gasteiger partial charge is 0.147 e. The van der Waals surface area contributed by atoms with Crippen LogP contribution in [0.4, 0.5) is 21.6 Å². The van der Waals surface area contributed by atoms with Crippen LogP contribution in [0.5, 0.6) is 0 Å². The van der Waals surface area contributed by atoms with E-state index in [0.717, 1.165) is 13.1 Å². The first-order valence-corrected chi connectivity index (χ1v) is 7.67. The lowest BCUT2D eigenvalue weighted by atomic mass is 10.0. The van der Waals surface area contributed by atoms with E-state index in [1.807, 2.05) is 34.0 Å². The van der Waals surface area contributed by atoms with Gasteiger partial charge in [-0.15, -0.1) is 0 Å². The van der Waals surface area contributed by atoms with Gasteiger partial charge in [-0.3, -0.25) is 0 Å². The van der Waals surface area contributed by atoms with Gasteiger partial charge in [-0.25, -0.2) is 9.37 Å². The average Bonchev–Trinajstić information content (AvgIpc) is 2.51. The molecular formula is C17H26FN5. The number of nitrogen functional groups attached to an aromatic ring is 2. The molecule has 0 aliphatic carbocycles. The molecule has 1 aromatic carbocycles. The Bertz CT molecular complexity index is 628. The summed E-state index contributed by atoms with van der Waals surface area (Å²) in [5.74, 6) is -0.0754. The molecule has 6 heteroatoms. The van der Waals surface area contributed by atoms with Crippen molar-refractivity contribution in [2.45, 2.75) is 13.8 Å². The lowest BCUT2D eigenvalue weighted by Crippen LogP contribution is -2.20. The summed E-state index contributed by atoms with van der Waals surface area (Å²) in [5.41, 5.74) is 14.0. The van der Waals surface area contributed by atoms with Crippen molar-refractivity contribution in [2.24, 2.45) is 0 Å². The molecule has 1 aromatic heterocycles. The summed E-state index contributed by atoms with van der Waals surface area (Å²) in [6.07, 6.45) is 1.56. The Hall–Kier alpha value is -2.34. The zero-order valence-corrected chi connectivity index (χ0v) is 14.2. The second kappa shape index (κ2) is 8.95. The molecule has 0 fully saturated rings. The fourth-order valence-corrected chi connectivity index (χ4v) is 2.01. The van der Waals surface area contributed by atoms with Crippen molar-refractivity contribution in [3.8, 4) is 11.1 Å². The number of anilines is 3. The largest absolute Gasteiger partial charge is 0.395 e. The van der Waals surface area contributed by atoms with E-state index in [0.29, 0.717) is 22.5 Å². The summed E-state index contributed by atoms with van der Waals surface area (Å²) in [7, 11) is 3.97. The first-order valence-electron chi connectivity index (χ1n) is 7.67. The molecule has 0 aliphatic rings. The summed E-state index contributed by atoms with van der Waals surface area (Å²) in [6, 6.07) is 6.47. The minimum Gasteiger partial charge on any atom is -0.395 e. The van der Waals surface area contributed by atoms with E-state index >= 15 is 0 Å². The molecule has 5 nitrogen and oxygen atoms in total. The Kier molecular flexibility index (Phi) is 7.28. The van der Waals surface area contributed by atoms with Crippen LogP contribution in [0.2, 0.25) is 0 Å². The third kappa shape index (κ3) is 5.41. The molecule has 2 rings (SSSR count). The average molecular weight is 319 g/mol. The molecule has 0 bridgehead atoms. The van der Waals surface area contributed by atoms with Crippen molar-refractivity contribution in [3.63, 3.8) is 0 Å². The van der Waals surface area contributed by atoms with Gasteiger partial charge in [0.2, 0.25) is 0 Å². The minimum atomic E-state index is -0.324. The monoisotopic (exact) mass is 319 g/mol. The first-order chi connectivity index (χ1) is 11.0. The van der Waals surface area contributed by atoms with Gasteiger partial charge in [0, 0.05) is 30.5 Å². The summed E-state index contributed by atoms with van der Waals surface area (Å²) in [4.78, 5) is 5.97. The van der Waals surface area contributed by atoms with E-state index < -0.39 is 0 Å². The number of likely N-dealkylation sites (N-methyl/N-ethyl adjacent to an activating group) is 1. The quantitative estimate of drug-likeness (QED) is 0.789. The third-order valence-electron chi connectivity index (χ3n) is 3.12. The van der Waals surface area contributed by atoms with Gasteiger partial charge in [-0.05, 0) is 43.9 Å². The van der Waals surface area contributed by atoms with Gasteiger partial charge in [-0.1, -0.05) is 13.8 Å².